The van der Waals surface area contributed by atoms with Crippen molar-refractivity contribution in [3.8, 4) is 5.75 Å². The van der Waals surface area contributed by atoms with Crippen LogP contribution in [0.4, 0.5) is 11.4 Å². The number of hydrogen-bond donors (Lipinski definition) is 1. The number of nitrogens with zero attached hydrogens (tertiary/aromatic N) is 1. The molecular formula is C34H25ClN2O4. The minimum atomic E-state index is -1.39. The molecule has 0 aliphatic carbocycles. The van der Waals surface area contributed by atoms with Gasteiger partial charge in [0.25, 0.3) is 0 Å². The standard InChI is InChI=1S/C34H25ClN2O4/c1-41-22-11-8-10-21(19-22)31(38)29-30(32(39)23-12-3-5-14-25(23)35)37-27-16-7-2-9-20(27)17-18-28(37)34(29)24-13-4-6-15-26(24)36-33(34)40/h2-19,28-30H,1H3,(H,36,40)/t28-,29+,30+,34-/m1/s1. The van der Waals surface area contributed by atoms with Crippen LogP contribution >= 0.6 is 11.6 Å². The Hall–Kier alpha value is -4.68. The average Bonchev–Trinajstić information content (AvgIpc) is 3.49. The zero-order chi connectivity index (χ0) is 28.3. The van der Waals surface area contributed by atoms with Gasteiger partial charge in [0.2, 0.25) is 5.91 Å². The lowest BCUT2D eigenvalue weighted by Crippen LogP contribution is -2.51. The van der Waals surface area contributed by atoms with E-state index in [0.717, 1.165) is 11.3 Å². The summed E-state index contributed by atoms with van der Waals surface area (Å²) >= 11 is 6.58. The molecule has 3 heterocycles. The fourth-order valence-corrected chi connectivity index (χ4v) is 7.12. The molecule has 6 nitrogen and oxygen atoms in total. The van der Waals surface area contributed by atoms with Crippen LogP contribution in [-0.4, -0.2) is 36.7 Å². The van der Waals surface area contributed by atoms with Crippen molar-refractivity contribution in [1.29, 1.82) is 0 Å². The lowest BCUT2D eigenvalue weighted by Gasteiger charge is -2.37. The maximum absolute atomic E-state index is 14.8. The van der Waals surface area contributed by atoms with Gasteiger partial charge < -0.3 is 15.0 Å². The summed E-state index contributed by atoms with van der Waals surface area (Å²) in [4.78, 5) is 45.9. The van der Waals surface area contributed by atoms with Crippen LogP contribution in [0, 0.1) is 5.92 Å². The molecule has 0 unspecified atom stereocenters. The van der Waals surface area contributed by atoms with Crippen molar-refractivity contribution in [2.45, 2.75) is 17.5 Å². The van der Waals surface area contributed by atoms with Crippen LogP contribution in [0.2, 0.25) is 5.02 Å². The van der Waals surface area contributed by atoms with Crippen LogP contribution < -0.4 is 15.0 Å². The lowest BCUT2D eigenvalue weighted by atomic mass is 9.64. The number of methoxy groups -OCH3 is 1. The van der Waals surface area contributed by atoms with Gasteiger partial charge in [-0.05, 0) is 47.5 Å². The van der Waals surface area contributed by atoms with Crippen LogP contribution in [0.3, 0.4) is 0 Å². The largest absolute Gasteiger partial charge is 0.497 e. The van der Waals surface area contributed by atoms with Gasteiger partial charge in [-0.1, -0.05) is 84.4 Å². The number of Topliss-reactive ketones (excluding diaryl/α,β-unsaturated/α-hetero) is 2. The van der Waals surface area contributed by atoms with Crippen molar-refractivity contribution in [2.75, 3.05) is 17.3 Å². The number of ether oxygens (including phenoxy) is 1. The van der Waals surface area contributed by atoms with Gasteiger partial charge in [-0.25, -0.2) is 0 Å². The zero-order valence-corrected chi connectivity index (χ0v) is 22.8. The first kappa shape index (κ1) is 25.3. The molecule has 0 saturated carbocycles. The molecular weight excluding hydrogens is 536 g/mol. The number of benzene rings is 4. The van der Waals surface area contributed by atoms with E-state index in [1.54, 1.807) is 48.5 Å². The number of rotatable bonds is 5. The molecule has 1 amide bonds. The van der Waals surface area contributed by atoms with Crippen LogP contribution in [-0.2, 0) is 10.2 Å². The molecule has 1 spiro atoms. The number of carbonyl (C=O) groups is 3. The van der Waals surface area contributed by atoms with E-state index in [0.29, 0.717) is 33.1 Å². The average molecular weight is 561 g/mol. The van der Waals surface area contributed by atoms with Crippen LogP contribution in [0.15, 0.2) is 103 Å². The lowest BCUT2D eigenvalue weighted by molar-refractivity contribution is -0.121. The Morgan fingerprint density at radius 1 is 0.902 bits per heavy atom. The third kappa shape index (κ3) is 3.54. The van der Waals surface area contributed by atoms with Crippen LogP contribution in [0.1, 0.15) is 31.8 Å². The summed E-state index contributed by atoms with van der Waals surface area (Å²) in [5, 5.41) is 3.33. The van der Waals surface area contributed by atoms with Gasteiger partial charge in [0.15, 0.2) is 11.6 Å². The molecule has 3 aliphatic rings. The third-order valence-corrected chi connectivity index (χ3v) is 8.92. The van der Waals surface area contributed by atoms with Gasteiger partial charge in [-0.15, -0.1) is 0 Å². The van der Waals surface area contributed by atoms with Gasteiger partial charge in [-0.2, -0.15) is 0 Å². The fourth-order valence-electron chi connectivity index (χ4n) is 6.90. The Morgan fingerprint density at radius 2 is 1.66 bits per heavy atom. The fraction of sp³-hybridized carbons (Fsp3) is 0.147. The van der Waals surface area contributed by atoms with Crippen molar-refractivity contribution in [1.82, 2.24) is 0 Å². The Kier molecular flexibility index (Phi) is 5.84. The highest BCUT2D eigenvalue weighted by Gasteiger charge is 2.70. The van der Waals surface area contributed by atoms with E-state index in [1.807, 2.05) is 65.6 Å². The number of para-hydroxylation sites is 2. The Bertz CT molecular complexity index is 1780. The first-order chi connectivity index (χ1) is 20.0. The van der Waals surface area contributed by atoms with Crippen molar-refractivity contribution >= 4 is 46.5 Å². The first-order valence-electron chi connectivity index (χ1n) is 13.4. The number of halogens is 1. The van der Waals surface area contributed by atoms with Gasteiger partial charge >= 0.3 is 0 Å². The van der Waals surface area contributed by atoms with E-state index in [4.69, 9.17) is 16.3 Å². The summed E-state index contributed by atoms with van der Waals surface area (Å²) in [6.45, 7) is 0. The summed E-state index contributed by atoms with van der Waals surface area (Å²) in [5.74, 6) is -1.52. The van der Waals surface area contributed by atoms with E-state index in [-0.39, 0.29) is 17.5 Å². The topological polar surface area (TPSA) is 75.7 Å². The summed E-state index contributed by atoms with van der Waals surface area (Å²) in [6.07, 6.45) is 3.93. The molecule has 7 heteroatoms. The molecule has 1 fully saturated rings. The highest BCUT2D eigenvalue weighted by atomic mass is 35.5. The molecule has 3 aliphatic heterocycles. The summed E-state index contributed by atoms with van der Waals surface area (Å²) in [7, 11) is 1.53. The Balaban J connectivity index is 1.55. The van der Waals surface area contributed by atoms with E-state index in [2.05, 4.69) is 5.32 Å². The smallest absolute Gasteiger partial charge is 0.238 e. The second kappa shape index (κ2) is 9.46. The van der Waals surface area contributed by atoms with Gasteiger partial charge in [0.1, 0.15) is 17.2 Å². The molecule has 4 atom stereocenters. The van der Waals surface area contributed by atoms with E-state index < -0.39 is 23.4 Å². The molecule has 0 radical (unpaired) electrons. The summed E-state index contributed by atoms with van der Waals surface area (Å²) < 4.78 is 5.42. The minimum absolute atomic E-state index is 0.291. The maximum Gasteiger partial charge on any atom is 0.238 e. The van der Waals surface area contributed by atoms with Crippen LogP contribution in [0.5, 0.6) is 5.75 Å². The predicted octanol–water partition coefficient (Wildman–Crippen LogP) is 6.20. The van der Waals surface area contributed by atoms with E-state index in [9.17, 15) is 14.4 Å². The number of hydrogen-bond acceptors (Lipinski definition) is 5. The van der Waals surface area contributed by atoms with Crippen LogP contribution in [0.25, 0.3) is 6.08 Å². The maximum atomic E-state index is 14.8. The van der Waals surface area contributed by atoms with E-state index >= 15 is 0 Å². The van der Waals surface area contributed by atoms with Crippen molar-refractivity contribution in [3.05, 3.63) is 130 Å². The van der Waals surface area contributed by atoms with Gasteiger partial charge in [0.05, 0.1) is 24.1 Å². The highest BCUT2D eigenvalue weighted by molar-refractivity contribution is 6.34. The summed E-state index contributed by atoms with van der Waals surface area (Å²) in [5.41, 5.74) is 2.29. The van der Waals surface area contributed by atoms with E-state index in [1.165, 1.54) is 7.11 Å². The quantitative estimate of drug-likeness (QED) is 0.294. The monoisotopic (exact) mass is 560 g/mol. The molecule has 7 rings (SSSR count). The molecule has 0 bridgehead atoms. The van der Waals surface area contributed by atoms with Crippen molar-refractivity contribution < 1.29 is 19.1 Å². The van der Waals surface area contributed by atoms with Crippen molar-refractivity contribution in [2.24, 2.45) is 5.92 Å². The summed E-state index contributed by atoms with van der Waals surface area (Å²) in [6, 6.07) is 27.2. The number of fused-ring (bicyclic) bond motifs is 6. The molecule has 1 N–H and O–H groups in total. The normalized spacial score (nSPS) is 23.5. The second-order valence-electron chi connectivity index (χ2n) is 10.5. The number of ketones is 2. The number of nitrogens with one attached hydrogen (secondary N) is 1. The second-order valence-corrected chi connectivity index (χ2v) is 10.9. The predicted molar refractivity (Wildman–Crippen MR) is 159 cm³/mol. The Morgan fingerprint density at radius 3 is 2.49 bits per heavy atom. The van der Waals surface area contributed by atoms with Gasteiger partial charge in [-0.3, -0.25) is 14.4 Å². The molecule has 4 aromatic carbocycles. The molecule has 0 aromatic heterocycles. The Labute approximate surface area is 242 Å². The molecule has 202 valence electrons. The minimum Gasteiger partial charge on any atom is -0.497 e. The third-order valence-electron chi connectivity index (χ3n) is 8.59. The molecule has 41 heavy (non-hydrogen) atoms. The highest BCUT2D eigenvalue weighted by Crippen LogP contribution is 2.58. The number of amides is 1. The SMILES string of the molecule is COc1cccc(C(=O)[C@@H]2[C@@H](C(=O)c3ccccc3Cl)N3c4ccccc4C=C[C@@H]3[C@@]23C(=O)Nc2ccccc23)c1. The zero-order valence-electron chi connectivity index (χ0n) is 22.1. The molecule has 4 aromatic rings. The number of carbonyl (C=O) groups excluding carboxylic acids is 3. The van der Waals surface area contributed by atoms with Gasteiger partial charge in [0, 0.05) is 22.5 Å². The first-order valence-corrected chi connectivity index (χ1v) is 13.8. The van der Waals surface area contributed by atoms with Crippen molar-refractivity contribution in [3.63, 3.8) is 0 Å². The number of anilines is 2. The molecule has 1 saturated heterocycles.